The first kappa shape index (κ1) is 20.9. The topological polar surface area (TPSA) is 50.6 Å². The minimum atomic E-state index is -0.306. The highest BCUT2D eigenvalue weighted by Gasteiger charge is 2.29. The summed E-state index contributed by atoms with van der Waals surface area (Å²) in [6.45, 7) is 4.26. The fourth-order valence-corrected chi connectivity index (χ4v) is 4.75. The number of likely N-dealkylation sites (tertiary alicyclic amines) is 1. The van der Waals surface area contributed by atoms with E-state index in [4.69, 9.17) is 4.74 Å². The highest BCUT2D eigenvalue weighted by atomic mass is 79.9. The molecule has 2 aromatic carbocycles. The third-order valence-corrected chi connectivity index (χ3v) is 6.52. The van der Waals surface area contributed by atoms with Crippen LogP contribution >= 0.6 is 15.9 Å². The molecule has 4 rings (SSSR count). The van der Waals surface area contributed by atoms with E-state index in [1.54, 1.807) is 0 Å². The normalized spacial score (nSPS) is 15.4. The van der Waals surface area contributed by atoms with Gasteiger partial charge in [0.25, 0.3) is 0 Å². The molecule has 0 aliphatic carbocycles. The molecule has 1 atom stereocenters. The summed E-state index contributed by atoms with van der Waals surface area (Å²) in [6.07, 6.45) is 4.00. The van der Waals surface area contributed by atoms with Crippen LogP contribution in [0.2, 0.25) is 0 Å². The van der Waals surface area contributed by atoms with E-state index in [1.807, 2.05) is 47.6 Å². The number of methoxy groups -OCH3 is 1. The molecule has 0 N–H and O–H groups in total. The molecule has 30 heavy (non-hydrogen) atoms. The largest absolute Gasteiger partial charge is 0.453 e. The first-order chi connectivity index (χ1) is 14.7. The number of nitrogens with zero attached hydrogens (tertiary/aromatic N) is 4. The van der Waals surface area contributed by atoms with Crippen LogP contribution in [0.3, 0.4) is 0 Å². The lowest BCUT2D eigenvalue weighted by molar-refractivity contribution is 0.0941. The van der Waals surface area contributed by atoms with Crippen LogP contribution in [0.4, 0.5) is 4.79 Å². The summed E-state index contributed by atoms with van der Waals surface area (Å²) in [5, 5.41) is 0. The van der Waals surface area contributed by atoms with Crippen LogP contribution in [0.5, 0.6) is 0 Å². The highest BCUT2D eigenvalue weighted by molar-refractivity contribution is 9.10. The molecule has 2 heterocycles. The van der Waals surface area contributed by atoms with Gasteiger partial charge in [-0.3, -0.25) is 4.90 Å². The predicted molar refractivity (Wildman–Crippen MR) is 121 cm³/mol. The first-order valence-electron chi connectivity index (χ1n) is 10.4. The van der Waals surface area contributed by atoms with Crippen LogP contribution in [-0.2, 0) is 11.3 Å². The van der Waals surface area contributed by atoms with Gasteiger partial charge in [0, 0.05) is 24.1 Å². The van der Waals surface area contributed by atoms with E-state index >= 15 is 0 Å². The second-order valence-electron chi connectivity index (χ2n) is 7.64. The Balaban J connectivity index is 1.68. The molecule has 1 aromatic heterocycles. The maximum absolute atomic E-state index is 12.9. The third kappa shape index (κ3) is 4.52. The number of hydrogen-bond donors (Lipinski definition) is 0. The third-order valence-electron chi connectivity index (χ3n) is 5.80. The number of fused-ring (bicyclic) bond motifs is 1. The van der Waals surface area contributed by atoms with E-state index in [-0.39, 0.29) is 12.1 Å². The summed E-state index contributed by atoms with van der Waals surface area (Å²) in [5.41, 5.74) is 3.06. The molecule has 158 valence electrons. The number of benzene rings is 2. The van der Waals surface area contributed by atoms with Crippen LogP contribution < -0.4 is 0 Å². The monoisotopic (exact) mass is 470 g/mol. The van der Waals surface area contributed by atoms with Crippen LogP contribution in [0, 0.1) is 0 Å². The van der Waals surface area contributed by atoms with Gasteiger partial charge in [-0.05, 0) is 49.7 Å². The number of ether oxygens (including phenoxy) is 1. The molecule has 0 spiro atoms. The van der Waals surface area contributed by atoms with Gasteiger partial charge in [-0.2, -0.15) is 0 Å². The Bertz CT molecular complexity index is 1000. The number of aromatic nitrogens is 2. The Morgan fingerprint density at radius 2 is 1.90 bits per heavy atom. The maximum atomic E-state index is 12.9. The Morgan fingerprint density at radius 3 is 2.67 bits per heavy atom. The molecule has 1 aliphatic heterocycles. The van der Waals surface area contributed by atoms with Gasteiger partial charge in [0.05, 0.1) is 30.5 Å². The molecule has 1 amide bonds. The molecule has 3 aromatic rings. The molecule has 0 bridgehead atoms. The van der Waals surface area contributed by atoms with Crippen molar-refractivity contribution in [1.29, 1.82) is 0 Å². The molecule has 7 heteroatoms. The van der Waals surface area contributed by atoms with Crippen LogP contribution in [0.1, 0.15) is 24.4 Å². The van der Waals surface area contributed by atoms with Gasteiger partial charge in [0.15, 0.2) is 0 Å². The van der Waals surface area contributed by atoms with E-state index in [1.165, 1.54) is 20.0 Å². The summed E-state index contributed by atoms with van der Waals surface area (Å²) in [6, 6.07) is 16.0. The second-order valence-corrected chi connectivity index (χ2v) is 8.49. The Kier molecular flexibility index (Phi) is 6.69. The zero-order chi connectivity index (χ0) is 20.9. The first-order valence-corrected chi connectivity index (χ1v) is 11.2. The van der Waals surface area contributed by atoms with Crippen LogP contribution in [0.15, 0.2) is 59.3 Å². The van der Waals surface area contributed by atoms with E-state index in [2.05, 4.69) is 42.5 Å². The number of carbonyl (C=O) groups excluding carboxylic acids is 1. The van der Waals surface area contributed by atoms with Gasteiger partial charge in [-0.15, -0.1) is 0 Å². The minimum Gasteiger partial charge on any atom is -0.453 e. The fourth-order valence-electron chi connectivity index (χ4n) is 4.20. The highest BCUT2D eigenvalue weighted by Crippen LogP contribution is 2.31. The Morgan fingerprint density at radius 1 is 1.17 bits per heavy atom. The summed E-state index contributed by atoms with van der Waals surface area (Å²) in [4.78, 5) is 21.7. The fraction of sp³-hybridized carbons (Fsp3) is 0.391. The SMILES string of the molecule is COC(=O)N(CCN1CCCC1)C(Cn1cnc2ccccc21)c1ccccc1Br. The summed E-state index contributed by atoms with van der Waals surface area (Å²) >= 11 is 3.69. The van der Waals surface area contributed by atoms with Crippen molar-refractivity contribution in [2.24, 2.45) is 0 Å². The van der Waals surface area contributed by atoms with Crippen molar-refractivity contribution in [2.45, 2.75) is 25.4 Å². The minimum absolute atomic E-state index is 0.187. The van der Waals surface area contributed by atoms with Crippen molar-refractivity contribution in [3.05, 3.63) is 64.9 Å². The van der Waals surface area contributed by atoms with Gasteiger partial charge in [-0.25, -0.2) is 9.78 Å². The predicted octanol–water partition coefficient (Wildman–Crippen LogP) is 4.70. The molecule has 6 nitrogen and oxygen atoms in total. The number of para-hydroxylation sites is 2. The summed E-state index contributed by atoms with van der Waals surface area (Å²) < 4.78 is 8.30. The molecular weight excluding hydrogens is 444 g/mol. The van der Waals surface area contributed by atoms with Gasteiger partial charge in [0.2, 0.25) is 0 Å². The number of halogens is 1. The number of rotatable bonds is 7. The lowest BCUT2D eigenvalue weighted by atomic mass is 10.0. The second kappa shape index (κ2) is 9.62. The van der Waals surface area contributed by atoms with Crippen molar-refractivity contribution < 1.29 is 9.53 Å². The van der Waals surface area contributed by atoms with Gasteiger partial charge < -0.3 is 14.2 Å². The lowest BCUT2D eigenvalue weighted by Gasteiger charge is -2.33. The molecule has 0 radical (unpaired) electrons. The van der Waals surface area contributed by atoms with Gasteiger partial charge >= 0.3 is 6.09 Å². The van der Waals surface area contributed by atoms with Crippen molar-refractivity contribution in [1.82, 2.24) is 19.4 Å². The van der Waals surface area contributed by atoms with Crippen molar-refractivity contribution in [3.63, 3.8) is 0 Å². The van der Waals surface area contributed by atoms with Crippen LogP contribution in [-0.4, -0.2) is 58.7 Å². The zero-order valence-corrected chi connectivity index (χ0v) is 18.8. The average Bonchev–Trinajstić information content (AvgIpc) is 3.43. The summed E-state index contributed by atoms with van der Waals surface area (Å²) in [5.74, 6) is 0. The number of hydrogen-bond acceptors (Lipinski definition) is 4. The van der Waals surface area contributed by atoms with E-state index in [0.717, 1.165) is 40.7 Å². The van der Waals surface area contributed by atoms with E-state index in [9.17, 15) is 4.79 Å². The Hall–Kier alpha value is -2.38. The molecule has 1 saturated heterocycles. The Labute approximate surface area is 185 Å². The number of amides is 1. The molecular formula is C23H27BrN4O2. The summed E-state index contributed by atoms with van der Waals surface area (Å²) in [7, 11) is 1.45. The smallest absolute Gasteiger partial charge is 0.410 e. The molecule has 1 fully saturated rings. The maximum Gasteiger partial charge on any atom is 0.410 e. The zero-order valence-electron chi connectivity index (χ0n) is 17.2. The standard InChI is InChI=1S/C23H27BrN4O2/c1-30-23(29)28(15-14-26-12-6-7-13-26)22(18-8-2-3-9-19(18)24)16-27-17-25-20-10-4-5-11-21(20)27/h2-5,8-11,17,22H,6-7,12-16H2,1H3. The van der Waals surface area contributed by atoms with Gasteiger partial charge in [0.1, 0.15) is 0 Å². The molecule has 0 saturated carbocycles. The quantitative estimate of drug-likeness (QED) is 0.501. The lowest BCUT2D eigenvalue weighted by Crippen LogP contribution is -2.41. The van der Waals surface area contributed by atoms with Crippen molar-refractivity contribution in [2.75, 3.05) is 33.3 Å². The number of carbonyl (C=O) groups is 1. The molecule has 1 aliphatic rings. The van der Waals surface area contributed by atoms with Crippen molar-refractivity contribution >= 4 is 33.1 Å². The van der Waals surface area contributed by atoms with Crippen LogP contribution in [0.25, 0.3) is 11.0 Å². The van der Waals surface area contributed by atoms with E-state index in [0.29, 0.717) is 13.1 Å². The van der Waals surface area contributed by atoms with E-state index < -0.39 is 0 Å². The number of imidazole rings is 1. The molecule has 1 unspecified atom stereocenters. The van der Waals surface area contributed by atoms with Gasteiger partial charge in [-0.1, -0.05) is 46.3 Å². The van der Waals surface area contributed by atoms with Crippen molar-refractivity contribution in [3.8, 4) is 0 Å². The average molecular weight is 471 g/mol.